The second kappa shape index (κ2) is 6.16. The Bertz CT molecular complexity index is 639. The molecule has 0 aliphatic heterocycles. The molecule has 1 heterocycles. The lowest BCUT2D eigenvalue weighted by Gasteiger charge is -2.09. The monoisotopic (exact) mass is 291 g/mol. The first-order valence-electron chi connectivity index (χ1n) is 5.77. The van der Waals surface area contributed by atoms with Crippen LogP contribution in [0.1, 0.15) is 5.69 Å². The normalized spacial score (nSPS) is 9.90. The molecular formula is C13H13N3O3S. The highest BCUT2D eigenvalue weighted by Crippen LogP contribution is 2.23. The van der Waals surface area contributed by atoms with Crippen molar-refractivity contribution < 1.29 is 14.3 Å². The Labute approximate surface area is 119 Å². The van der Waals surface area contributed by atoms with E-state index in [1.807, 2.05) is 0 Å². The molecule has 0 fully saturated rings. The van der Waals surface area contributed by atoms with Crippen LogP contribution in [-0.4, -0.2) is 23.9 Å². The van der Waals surface area contributed by atoms with Crippen LogP contribution in [0.3, 0.4) is 0 Å². The van der Waals surface area contributed by atoms with E-state index < -0.39 is 11.8 Å². The molecule has 7 heteroatoms. The van der Waals surface area contributed by atoms with Crippen LogP contribution in [0.4, 0.5) is 10.8 Å². The summed E-state index contributed by atoms with van der Waals surface area (Å²) in [7, 11) is 1.49. The average molecular weight is 291 g/mol. The molecule has 2 rings (SSSR count). The van der Waals surface area contributed by atoms with Gasteiger partial charge in [0.1, 0.15) is 5.75 Å². The Morgan fingerprint density at radius 1 is 1.20 bits per heavy atom. The molecule has 2 aromatic rings. The van der Waals surface area contributed by atoms with Crippen LogP contribution in [-0.2, 0) is 9.59 Å². The predicted molar refractivity (Wildman–Crippen MR) is 77.1 cm³/mol. The van der Waals surface area contributed by atoms with Gasteiger partial charge in [0, 0.05) is 5.38 Å². The third kappa shape index (κ3) is 3.33. The van der Waals surface area contributed by atoms with Crippen molar-refractivity contribution in [1.82, 2.24) is 4.98 Å². The number of carbonyl (C=O) groups excluding carboxylic acids is 2. The smallest absolute Gasteiger partial charge is 0.315 e. The van der Waals surface area contributed by atoms with Gasteiger partial charge in [-0.1, -0.05) is 12.1 Å². The number of benzene rings is 1. The zero-order chi connectivity index (χ0) is 14.5. The van der Waals surface area contributed by atoms with Crippen molar-refractivity contribution >= 4 is 34.0 Å². The standard InChI is InChI=1S/C13H13N3O3S/c1-8-7-20-13(14-8)16-12(18)11(17)15-9-5-3-4-6-10(9)19-2/h3-7H,1-2H3,(H,15,17)(H,14,16,18). The van der Waals surface area contributed by atoms with Gasteiger partial charge in [0.05, 0.1) is 18.5 Å². The van der Waals surface area contributed by atoms with Crippen molar-refractivity contribution in [3.63, 3.8) is 0 Å². The van der Waals surface area contributed by atoms with Gasteiger partial charge in [0.25, 0.3) is 0 Å². The van der Waals surface area contributed by atoms with Gasteiger partial charge >= 0.3 is 11.8 Å². The molecule has 0 bridgehead atoms. The number of amides is 2. The van der Waals surface area contributed by atoms with E-state index in [-0.39, 0.29) is 0 Å². The minimum atomic E-state index is -0.776. The Hall–Kier alpha value is -2.41. The number of para-hydroxylation sites is 2. The van der Waals surface area contributed by atoms with Crippen molar-refractivity contribution in [3.8, 4) is 5.75 Å². The van der Waals surface area contributed by atoms with Gasteiger partial charge < -0.3 is 10.1 Å². The van der Waals surface area contributed by atoms with E-state index >= 15 is 0 Å². The predicted octanol–water partition coefficient (Wildman–Crippen LogP) is 2.04. The van der Waals surface area contributed by atoms with Gasteiger partial charge in [0.15, 0.2) is 5.13 Å². The second-order valence-corrected chi connectivity index (χ2v) is 4.76. The third-order valence-electron chi connectivity index (χ3n) is 2.40. The van der Waals surface area contributed by atoms with Crippen LogP contribution in [0.15, 0.2) is 29.6 Å². The summed E-state index contributed by atoms with van der Waals surface area (Å²) in [6.45, 7) is 1.81. The van der Waals surface area contributed by atoms with Crippen LogP contribution in [0, 0.1) is 6.92 Å². The number of rotatable bonds is 3. The molecule has 0 spiro atoms. The largest absolute Gasteiger partial charge is 0.495 e. The number of hydrogen-bond acceptors (Lipinski definition) is 5. The number of nitrogens with one attached hydrogen (secondary N) is 2. The number of thiazole rings is 1. The lowest BCUT2D eigenvalue weighted by atomic mass is 10.3. The fourth-order valence-corrected chi connectivity index (χ4v) is 2.18. The van der Waals surface area contributed by atoms with Crippen molar-refractivity contribution in [2.24, 2.45) is 0 Å². The fraction of sp³-hybridized carbons (Fsp3) is 0.154. The molecule has 2 amide bonds. The molecule has 2 N–H and O–H groups in total. The Balaban J connectivity index is 2.02. The summed E-state index contributed by atoms with van der Waals surface area (Å²) in [6, 6.07) is 6.85. The number of methoxy groups -OCH3 is 1. The average Bonchev–Trinajstić information content (AvgIpc) is 2.84. The Kier molecular flexibility index (Phi) is 4.31. The maximum absolute atomic E-state index is 11.8. The minimum Gasteiger partial charge on any atom is -0.495 e. The van der Waals surface area contributed by atoms with Gasteiger partial charge in [-0.15, -0.1) is 11.3 Å². The summed E-state index contributed by atoms with van der Waals surface area (Å²) < 4.78 is 5.09. The maximum atomic E-state index is 11.8. The highest BCUT2D eigenvalue weighted by Gasteiger charge is 2.16. The molecule has 0 unspecified atom stereocenters. The van der Waals surface area contributed by atoms with Gasteiger partial charge in [-0.2, -0.15) is 0 Å². The SMILES string of the molecule is COc1ccccc1NC(=O)C(=O)Nc1nc(C)cs1. The number of nitrogens with zero attached hydrogens (tertiary/aromatic N) is 1. The van der Waals surface area contributed by atoms with Crippen LogP contribution in [0.25, 0.3) is 0 Å². The summed E-state index contributed by atoms with van der Waals surface area (Å²) >= 11 is 1.26. The van der Waals surface area contributed by atoms with Gasteiger partial charge in [-0.3, -0.25) is 14.9 Å². The van der Waals surface area contributed by atoms with E-state index in [1.165, 1.54) is 18.4 Å². The van der Waals surface area contributed by atoms with Crippen molar-refractivity contribution in [1.29, 1.82) is 0 Å². The summed E-state index contributed by atoms with van der Waals surface area (Å²) in [5, 5.41) is 7.10. The molecule has 1 aromatic heterocycles. The number of anilines is 2. The number of ether oxygens (including phenoxy) is 1. The first-order chi connectivity index (χ1) is 9.60. The van der Waals surface area contributed by atoms with Crippen molar-refractivity contribution in [2.45, 2.75) is 6.92 Å². The number of hydrogen-bond donors (Lipinski definition) is 2. The van der Waals surface area contributed by atoms with Crippen LogP contribution in [0.2, 0.25) is 0 Å². The number of aromatic nitrogens is 1. The Morgan fingerprint density at radius 2 is 1.90 bits per heavy atom. The topological polar surface area (TPSA) is 80.3 Å². The summed E-state index contributed by atoms with van der Waals surface area (Å²) in [6.07, 6.45) is 0. The van der Waals surface area contributed by atoms with E-state index in [0.29, 0.717) is 16.6 Å². The molecule has 6 nitrogen and oxygen atoms in total. The number of carbonyl (C=O) groups is 2. The molecular weight excluding hydrogens is 278 g/mol. The molecule has 104 valence electrons. The lowest BCUT2D eigenvalue weighted by Crippen LogP contribution is -2.29. The van der Waals surface area contributed by atoms with E-state index in [0.717, 1.165) is 5.69 Å². The molecule has 0 aliphatic carbocycles. The van der Waals surface area contributed by atoms with Crippen molar-refractivity contribution in [2.75, 3.05) is 17.7 Å². The fourth-order valence-electron chi connectivity index (χ4n) is 1.49. The molecule has 1 aromatic carbocycles. The van der Waals surface area contributed by atoms with E-state index in [2.05, 4.69) is 15.6 Å². The zero-order valence-electron chi connectivity index (χ0n) is 11.0. The van der Waals surface area contributed by atoms with Crippen molar-refractivity contribution in [3.05, 3.63) is 35.3 Å². The second-order valence-electron chi connectivity index (χ2n) is 3.90. The van der Waals surface area contributed by atoms with Gasteiger partial charge in [-0.25, -0.2) is 4.98 Å². The molecule has 0 radical (unpaired) electrons. The molecule has 0 saturated heterocycles. The third-order valence-corrected chi connectivity index (χ3v) is 3.28. The first-order valence-corrected chi connectivity index (χ1v) is 6.65. The van der Waals surface area contributed by atoms with E-state index in [1.54, 1.807) is 36.6 Å². The van der Waals surface area contributed by atoms with Gasteiger partial charge in [0.2, 0.25) is 0 Å². The van der Waals surface area contributed by atoms with E-state index in [9.17, 15) is 9.59 Å². The molecule has 20 heavy (non-hydrogen) atoms. The summed E-state index contributed by atoms with van der Waals surface area (Å²) in [5.74, 6) is -1.06. The highest BCUT2D eigenvalue weighted by atomic mass is 32.1. The quantitative estimate of drug-likeness (QED) is 0.848. The van der Waals surface area contributed by atoms with Gasteiger partial charge in [-0.05, 0) is 19.1 Å². The van der Waals surface area contributed by atoms with Crippen LogP contribution in [0.5, 0.6) is 5.75 Å². The molecule has 0 aliphatic rings. The lowest BCUT2D eigenvalue weighted by molar-refractivity contribution is -0.133. The Morgan fingerprint density at radius 3 is 2.55 bits per heavy atom. The first kappa shape index (κ1) is 14.0. The zero-order valence-corrected chi connectivity index (χ0v) is 11.8. The van der Waals surface area contributed by atoms with Crippen LogP contribution < -0.4 is 15.4 Å². The van der Waals surface area contributed by atoms with E-state index in [4.69, 9.17) is 4.74 Å². The van der Waals surface area contributed by atoms with Crippen LogP contribution >= 0.6 is 11.3 Å². The maximum Gasteiger partial charge on any atom is 0.315 e. The summed E-state index contributed by atoms with van der Waals surface area (Å²) in [5.41, 5.74) is 1.22. The molecule has 0 saturated carbocycles. The molecule has 0 atom stereocenters. The number of aryl methyl sites for hydroxylation is 1. The highest BCUT2D eigenvalue weighted by molar-refractivity contribution is 7.14. The summed E-state index contributed by atoms with van der Waals surface area (Å²) in [4.78, 5) is 27.6. The minimum absolute atomic E-state index is 0.391.